The van der Waals surface area contributed by atoms with Crippen LogP contribution in [0.25, 0.3) is 0 Å². The molecule has 3 aliphatic heterocycles. The number of amides is 3. The molecule has 10 nitrogen and oxygen atoms in total. The number of urea groups is 1. The van der Waals surface area contributed by atoms with Crippen LogP contribution in [0.3, 0.4) is 0 Å². The lowest BCUT2D eigenvalue weighted by Crippen LogP contribution is -2.57. The van der Waals surface area contributed by atoms with Gasteiger partial charge in [0, 0.05) is 68.2 Å². The standard InChI is InChI=1S/C32H39ClN6O4S/c1-19-7-5-6-8-22(19)28(40)24-25(29-20(2)9-18-44-29)27(31(41)37-12-10-34-11-13-37)39(32(42)38-14-16-43-17-15-38)26(24)23-21(3)35-36(4)30(23)33/h5-9,18,24-27,34H,10-17H2,1-4H3. The van der Waals surface area contributed by atoms with Gasteiger partial charge in [0.15, 0.2) is 5.78 Å². The molecule has 0 spiro atoms. The maximum atomic E-state index is 15.0. The van der Waals surface area contributed by atoms with Gasteiger partial charge in [0.05, 0.1) is 30.9 Å². The first-order chi connectivity index (χ1) is 21.2. The fourth-order valence-electron chi connectivity index (χ4n) is 7.08. The summed E-state index contributed by atoms with van der Waals surface area (Å²) in [5.74, 6) is -1.62. The quantitative estimate of drug-likeness (QED) is 0.425. The summed E-state index contributed by atoms with van der Waals surface area (Å²) in [6.07, 6.45) is 0. The number of nitrogens with one attached hydrogen (secondary N) is 1. The Hall–Kier alpha value is -3.25. The number of nitrogens with zero attached hydrogens (tertiary/aromatic N) is 5. The number of carbonyl (C=O) groups excluding carboxylic acids is 3. The fraction of sp³-hybridized carbons (Fsp3) is 0.500. The van der Waals surface area contributed by atoms with E-state index in [1.54, 1.807) is 21.5 Å². The summed E-state index contributed by atoms with van der Waals surface area (Å²) >= 11 is 8.53. The van der Waals surface area contributed by atoms with E-state index < -0.39 is 23.9 Å². The second kappa shape index (κ2) is 12.6. The molecule has 5 heterocycles. The van der Waals surface area contributed by atoms with Crippen molar-refractivity contribution in [3.63, 3.8) is 0 Å². The first-order valence-electron chi connectivity index (χ1n) is 15.2. The van der Waals surface area contributed by atoms with E-state index in [-0.39, 0.29) is 17.7 Å². The predicted molar refractivity (Wildman–Crippen MR) is 169 cm³/mol. The number of morpholine rings is 1. The summed E-state index contributed by atoms with van der Waals surface area (Å²) in [5, 5.41) is 10.3. The highest BCUT2D eigenvalue weighted by Gasteiger charge is 2.60. The summed E-state index contributed by atoms with van der Waals surface area (Å²) < 4.78 is 7.16. The second-order valence-electron chi connectivity index (χ2n) is 11.9. The van der Waals surface area contributed by atoms with E-state index in [4.69, 9.17) is 16.3 Å². The summed E-state index contributed by atoms with van der Waals surface area (Å²) in [6.45, 7) is 9.79. The third kappa shape index (κ3) is 5.33. The lowest BCUT2D eigenvalue weighted by Gasteiger charge is -2.39. The highest BCUT2D eigenvalue weighted by atomic mass is 35.5. The highest BCUT2D eigenvalue weighted by molar-refractivity contribution is 7.10. The number of piperazine rings is 1. The van der Waals surface area contributed by atoms with Gasteiger partial charge < -0.3 is 24.8 Å². The van der Waals surface area contributed by atoms with Gasteiger partial charge in [-0.2, -0.15) is 5.10 Å². The molecule has 3 saturated heterocycles. The van der Waals surface area contributed by atoms with Crippen molar-refractivity contribution in [3.05, 3.63) is 73.7 Å². The Morgan fingerprint density at radius 3 is 2.30 bits per heavy atom. The summed E-state index contributed by atoms with van der Waals surface area (Å²) in [7, 11) is 1.75. The van der Waals surface area contributed by atoms with Gasteiger partial charge in [-0.05, 0) is 43.3 Å². The number of hydrogen-bond acceptors (Lipinski definition) is 7. The molecule has 44 heavy (non-hydrogen) atoms. The minimum absolute atomic E-state index is 0.111. The van der Waals surface area contributed by atoms with Crippen molar-refractivity contribution in [3.8, 4) is 0 Å². The number of thiophene rings is 1. The molecule has 0 radical (unpaired) electrons. The van der Waals surface area contributed by atoms with Crippen LogP contribution in [0.4, 0.5) is 4.79 Å². The van der Waals surface area contributed by atoms with E-state index in [9.17, 15) is 9.59 Å². The first-order valence-corrected chi connectivity index (χ1v) is 16.4. The Bertz CT molecular complexity index is 1560. The molecule has 2 aromatic heterocycles. The average molecular weight is 639 g/mol. The Labute approximate surface area is 266 Å². The van der Waals surface area contributed by atoms with Crippen LogP contribution in [0, 0.1) is 26.7 Å². The molecule has 3 aliphatic rings. The number of rotatable bonds is 5. The van der Waals surface area contributed by atoms with Crippen molar-refractivity contribution in [1.82, 2.24) is 29.8 Å². The van der Waals surface area contributed by atoms with Crippen molar-refractivity contribution in [1.29, 1.82) is 0 Å². The maximum absolute atomic E-state index is 15.0. The molecule has 0 aliphatic carbocycles. The Morgan fingerprint density at radius 1 is 0.977 bits per heavy atom. The summed E-state index contributed by atoms with van der Waals surface area (Å²) in [6, 6.07) is 7.53. The molecule has 3 amide bonds. The van der Waals surface area contributed by atoms with Crippen LogP contribution in [0.5, 0.6) is 0 Å². The van der Waals surface area contributed by atoms with Crippen molar-refractivity contribution in [2.45, 2.75) is 38.8 Å². The number of halogens is 1. The summed E-state index contributed by atoms with van der Waals surface area (Å²) in [4.78, 5) is 50.9. The van der Waals surface area contributed by atoms with Crippen molar-refractivity contribution in [2.24, 2.45) is 13.0 Å². The van der Waals surface area contributed by atoms with Crippen molar-refractivity contribution >= 4 is 40.7 Å². The van der Waals surface area contributed by atoms with Crippen LogP contribution < -0.4 is 5.32 Å². The van der Waals surface area contributed by atoms with Gasteiger partial charge >= 0.3 is 6.03 Å². The lowest BCUT2D eigenvalue weighted by molar-refractivity contribution is -0.136. The smallest absolute Gasteiger partial charge is 0.321 e. The maximum Gasteiger partial charge on any atom is 0.321 e. The molecule has 3 fully saturated rings. The van der Waals surface area contributed by atoms with Gasteiger partial charge in [-0.3, -0.25) is 14.3 Å². The Kier molecular flexibility index (Phi) is 8.83. The van der Waals surface area contributed by atoms with Gasteiger partial charge in [-0.25, -0.2) is 4.79 Å². The Morgan fingerprint density at radius 2 is 1.68 bits per heavy atom. The second-order valence-corrected chi connectivity index (χ2v) is 13.2. The van der Waals surface area contributed by atoms with Crippen LogP contribution in [-0.2, 0) is 16.6 Å². The average Bonchev–Trinajstić information content (AvgIpc) is 3.69. The molecule has 0 bridgehead atoms. The number of carbonyl (C=O) groups is 3. The molecule has 4 atom stereocenters. The van der Waals surface area contributed by atoms with Crippen LogP contribution >= 0.6 is 22.9 Å². The number of aryl methyl sites for hydroxylation is 4. The molecule has 12 heteroatoms. The third-order valence-electron chi connectivity index (χ3n) is 9.26. The molecule has 4 unspecified atom stereocenters. The minimum Gasteiger partial charge on any atom is -0.378 e. The monoisotopic (exact) mass is 638 g/mol. The lowest BCUT2D eigenvalue weighted by atomic mass is 9.77. The van der Waals surface area contributed by atoms with Gasteiger partial charge in [-0.1, -0.05) is 35.9 Å². The van der Waals surface area contributed by atoms with Crippen molar-refractivity contribution < 1.29 is 19.1 Å². The molecule has 1 N–H and O–H groups in total. The van der Waals surface area contributed by atoms with Crippen LogP contribution in [-0.4, -0.2) is 101 Å². The van der Waals surface area contributed by atoms with Crippen molar-refractivity contribution in [2.75, 3.05) is 52.5 Å². The normalized spacial score (nSPS) is 24.2. The largest absolute Gasteiger partial charge is 0.378 e. The van der Waals surface area contributed by atoms with E-state index in [0.29, 0.717) is 74.5 Å². The molecule has 6 rings (SSSR count). The highest BCUT2D eigenvalue weighted by Crippen LogP contribution is 2.55. The van der Waals surface area contributed by atoms with E-state index in [0.717, 1.165) is 16.0 Å². The van der Waals surface area contributed by atoms with Gasteiger partial charge in [0.1, 0.15) is 11.2 Å². The zero-order valence-corrected chi connectivity index (χ0v) is 27.2. The molecule has 3 aromatic rings. The van der Waals surface area contributed by atoms with Gasteiger partial charge in [-0.15, -0.1) is 11.3 Å². The van der Waals surface area contributed by atoms with Crippen LogP contribution in [0.2, 0.25) is 5.15 Å². The summed E-state index contributed by atoms with van der Waals surface area (Å²) in [5.41, 5.74) is 3.65. The van der Waals surface area contributed by atoms with Gasteiger partial charge in [0.2, 0.25) is 5.91 Å². The molecule has 234 valence electrons. The molecular weight excluding hydrogens is 600 g/mol. The van der Waals surface area contributed by atoms with E-state index >= 15 is 4.79 Å². The van der Waals surface area contributed by atoms with E-state index in [1.165, 1.54) is 11.3 Å². The Balaban J connectivity index is 1.62. The third-order valence-corrected chi connectivity index (χ3v) is 10.8. The van der Waals surface area contributed by atoms with E-state index in [2.05, 4.69) is 10.4 Å². The number of benzene rings is 1. The zero-order valence-electron chi connectivity index (χ0n) is 25.6. The number of Topliss-reactive ketones (excluding diaryl/α,β-unsaturated/α-hetero) is 1. The van der Waals surface area contributed by atoms with E-state index in [1.807, 2.05) is 61.4 Å². The fourth-order valence-corrected chi connectivity index (χ4v) is 8.47. The number of hydrogen-bond donors (Lipinski definition) is 1. The topological polar surface area (TPSA) is 100 Å². The number of likely N-dealkylation sites (tertiary alicyclic amines) is 1. The van der Waals surface area contributed by atoms with Gasteiger partial charge in [0.25, 0.3) is 0 Å². The SMILES string of the molecule is Cc1ccccc1C(=O)C1C(c2sccc2C)C(C(=O)N2CCNCC2)N(C(=O)N2CCOCC2)C1c1c(C)nn(C)c1Cl. The predicted octanol–water partition coefficient (Wildman–Crippen LogP) is 3.95. The zero-order chi connectivity index (χ0) is 31.1. The molecule has 0 saturated carbocycles. The molecular formula is C32H39ClN6O4S. The van der Waals surface area contributed by atoms with Crippen LogP contribution in [0.15, 0.2) is 35.7 Å². The molecule has 1 aromatic carbocycles. The number of ketones is 1. The van der Waals surface area contributed by atoms with Crippen LogP contribution in [0.1, 0.15) is 49.6 Å². The number of aromatic nitrogens is 2. The first kappa shape index (κ1) is 30.8. The minimum atomic E-state index is -0.917. The number of ether oxygens (including phenoxy) is 1.